The number of ether oxygens (including phenoxy) is 2. The van der Waals surface area contributed by atoms with Crippen molar-refractivity contribution in [2.45, 2.75) is 13.5 Å². The van der Waals surface area contributed by atoms with Crippen LogP contribution in [0.1, 0.15) is 18.1 Å². The van der Waals surface area contributed by atoms with Crippen molar-refractivity contribution < 1.29 is 28.7 Å². The summed E-state index contributed by atoms with van der Waals surface area (Å²) in [6.07, 6.45) is 1.31. The first-order chi connectivity index (χ1) is 17.2. The number of aromatic hydroxyl groups is 1. The minimum atomic E-state index is -0.827. The second-order valence-electron chi connectivity index (χ2n) is 7.26. The first-order valence-corrected chi connectivity index (χ1v) is 11.2. The molecule has 0 saturated heterocycles. The van der Waals surface area contributed by atoms with Crippen molar-refractivity contribution in [2.24, 2.45) is 0 Å². The van der Waals surface area contributed by atoms with Crippen LogP contribution < -0.4 is 14.8 Å². The number of amides is 1. The van der Waals surface area contributed by atoms with Crippen molar-refractivity contribution in [2.75, 3.05) is 11.9 Å². The number of hydrogen-bond acceptors (Lipinski definition) is 7. The molecule has 0 aromatic heterocycles. The Morgan fingerprint density at radius 3 is 2.56 bits per heavy atom. The smallest absolute Gasteiger partial charge is 0.273 e. The summed E-state index contributed by atoms with van der Waals surface area (Å²) in [5.74, 6) is -0.957. The van der Waals surface area contributed by atoms with Crippen LogP contribution in [0.3, 0.4) is 0 Å². The number of nitro groups is 1. The Balaban J connectivity index is 1.84. The number of carbonyl (C=O) groups is 1. The molecule has 1 amide bonds. The van der Waals surface area contributed by atoms with Crippen LogP contribution in [0, 0.1) is 27.3 Å². The molecule has 0 fully saturated rings. The normalized spacial score (nSPS) is 10.9. The van der Waals surface area contributed by atoms with Crippen LogP contribution in [0.25, 0.3) is 6.08 Å². The molecule has 0 aliphatic heterocycles. The predicted molar refractivity (Wildman–Crippen MR) is 133 cm³/mol. The SMILES string of the molecule is CCOc1cc(/C=C(\C#N)C(=O)Nc2ccc([N+](=O)[O-])cc2O)cc(Br)c1OCc1ccc(F)cc1. The highest BCUT2D eigenvalue weighted by molar-refractivity contribution is 9.10. The summed E-state index contributed by atoms with van der Waals surface area (Å²) < 4.78 is 25.2. The second kappa shape index (κ2) is 11.8. The van der Waals surface area contributed by atoms with Crippen LogP contribution in [0.2, 0.25) is 0 Å². The fourth-order valence-electron chi connectivity index (χ4n) is 3.05. The number of rotatable bonds is 9. The van der Waals surface area contributed by atoms with E-state index in [1.165, 1.54) is 18.2 Å². The van der Waals surface area contributed by atoms with E-state index in [0.29, 0.717) is 28.1 Å². The Morgan fingerprint density at radius 1 is 1.22 bits per heavy atom. The molecule has 184 valence electrons. The molecular weight excluding hydrogens is 537 g/mol. The highest BCUT2D eigenvalue weighted by atomic mass is 79.9. The van der Waals surface area contributed by atoms with Crippen molar-refractivity contribution in [1.29, 1.82) is 5.26 Å². The number of nitrogens with one attached hydrogen (secondary N) is 1. The molecule has 2 N–H and O–H groups in total. The van der Waals surface area contributed by atoms with Crippen molar-refractivity contribution in [3.8, 4) is 23.3 Å². The van der Waals surface area contributed by atoms with Gasteiger partial charge < -0.3 is 19.9 Å². The highest BCUT2D eigenvalue weighted by Crippen LogP contribution is 2.38. The van der Waals surface area contributed by atoms with Crippen LogP contribution in [-0.4, -0.2) is 22.5 Å². The van der Waals surface area contributed by atoms with Crippen molar-refractivity contribution in [3.05, 3.63) is 91.7 Å². The molecule has 0 bridgehead atoms. The molecule has 0 radical (unpaired) electrons. The number of benzene rings is 3. The molecule has 3 aromatic rings. The van der Waals surface area contributed by atoms with Crippen LogP contribution in [0.4, 0.5) is 15.8 Å². The van der Waals surface area contributed by atoms with Gasteiger partial charge in [0.05, 0.1) is 27.8 Å². The topological polar surface area (TPSA) is 135 Å². The van der Waals surface area contributed by atoms with Gasteiger partial charge in [0.2, 0.25) is 0 Å². The van der Waals surface area contributed by atoms with E-state index in [1.807, 2.05) is 0 Å². The van der Waals surface area contributed by atoms with Gasteiger partial charge in [-0.05, 0) is 70.4 Å². The van der Waals surface area contributed by atoms with Gasteiger partial charge in [-0.1, -0.05) is 12.1 Å². The molecule has 0 aliphatic rings. The number of phenols is 1. The quantitative estimate of drug-likeness (QED) is 0.113. The Morgan fingerprint density at radius 2 is 1.94 bits per heavy atom. The number of non-ortho nitro benzene ring substituents is 1. The Hall–Kier alpha value is -4.43. The first kappa shape index (κ1) is 26.2. The molecule has 3 aromatic carbocycles. The zero-order valence-corrected chi connectivity index (χ0v) is 20.4. The van der Waals surface area contributed by atoms with Gasteiger partial charge in [0, 0.05) is 6.07 Å². The van der Waals surface area contributed by atoms with E-state index in [1.54, 1.807) is 37.3 Å². The maximum absolute atomic E-state index is 13.1. The van der Waals surface area contributed by atoms with E-state index in [0.717, 1.165) is 23.8 Å². The minimum Gasteiger partial charge on any atom is -0.506 e. The van der Waals surface area contributed by atoms with Crippen LogP contribution in [-0.2, 0) is 11.4 Å². The number of nitrogens with zero attached hydrogens (tertiary/aromatic N) is 2. The Kier molecular flexibility index (Phi) is 8.59. The highest BCUT2D eigenvalue weighted by Gasteiger charge is 2.17. The van der Waals surface area contributed by atoms with E-state index < -0.39 is 16.6 Å². The standard InChI is InChI=1S/C25H19BrFN3O6/c1-2-35-23-11-16(10-20(26)24(23)36-14-15-3-5-18(27)6-4-15)9-17(13-28)25(32)29-21-8-7-19(30(33)34)12-22(21)31/h3-12,31H,2,14H2,1H3,(H,29,32)/b17-9+. The van der Waals surface area contributed by atoms with Crippen LogP contribution in [0.5, 0.6) is 17.2 Å². The van der Waals surface area contributed by atoms with E-state index in [-0.39, 0.29) is 29.4 Å². The zero-order chi connectivity index (χ0) is 26.2. The summed E-state index contributed by atoms with van der Waals surface area (Å²) in [5.41, 5.74) is 0.456. The molecule has 11 heteroatoms. The third-order valence-corrected chi connectivity index (χ3v) is 5.33. The van der Waals surface area contributed by atoms with Crippen molar-refractivity contribution in [1.82, 2.24) is 0 Å². The Labute approximate surface area is 213 Å². The zero-order valence-electron chi connectivity index (χ0n) is 18.8. The molecule has 9 nitrogen and oxygen atoms in total. The fraction of sp³-hybridized carbons (Fsp3) is 0.120. The van der Waals surface area contributed by atoms with Gasteiger partial charge in [-0.2, -0.15) is 5.26 Å². The summed E-state index contributed by atoms with van der Waals surface area (Å²) in [4.78, 5) is 22.7. The lowest BCUT2D eigenvalue weighted by molar-refractivity contribution is -0.384. The van der Waals surface area contributed by atoms with Crippen LogP contribution >= 0.6 is 15.9 Å². The summed E-state index contributed by atoms with van der Waals surface area (Å²) in [7, 11) is 0. The monoisotopic (exact) mass is 555 g/mol. The van der Waals surface area contributed by atoms with Gasteiger partial charge >= 0.3 is 0 Å². The van der Waals surface area contributed by atoms with E-state index in [9.17, 15) is 29.7 Å². The second-order valence-corrected chi connectivity index (χ2v) is 8.11. The molecule has 36 heavy (non-hydrogen) atoms. The van der Waals surface area contributed by atoms with E-state index in [4.69, 9.17) is 9.47 Å². The van der Waals surface area contributed by atoms with Crippen molar-refractivity contribution >= 4 is 39.3 Å². The van der Waals surface area contributed by atoms with Gasteiger partial charge in [0.1, 0.15) is 29.8 Å². The third kappa shape index (κ3) is 6.58. The molecule has 0 aliphatic carbocycles. The van der Waals surface area contributed by atoms with Gasteiger partial charge in [-0.15, -0.1) is 0 Å². The molecule has 0 unspecified atom stereocenters. The maximum Gasteiger partial charge on any atom is 0.273 e. The number of halogens is 2. The molecular formula is C25H19BrFN3O6. The molecule has 3 rings (SSSR count). The average molecular weight is 556 g/mol. The molecule has 0 spiro atoms. The number of nitro benzene ring substituents is 1. The van der Waals surface area contributed by atoms with Gasteiger partial charge in [-0.3, -0.25) is 14.9 Å². The lowest BCUT2D eigenvalue weighted by Gasteiger charge is -2.15. The lowest BCUT2D eigenvalue weighted by Crippen LogP contribution is -2.13. The molecule has 0 saturated carbocycles. The predicted octanol–water partition coefficient (Wildman–Crippen LogP) is 5.73. The summed E-state index contributed by atoms with van der Waals surface area (Å²) in [5, 5.41) is 32.7. The number of anilines is 1. The van der Waals surface area contributed by atoms with Gasteiger partial charge in [0.25, 0.3) is 11.6 Å². The van der Waals surface area contributed by atoms with E-state index in [2.05, 4.69) is 21.2 Å². The van der Waals surface area contributed by atoms with Crippen molar-refractivity contribution in [3.63, 3.8) is 0 Å². The number of phenolic OH excluding ortho intramolecular Hbond substituents is 1. The Bertz CT molecular complexity index is 1370. The minimum absolute atomic E-state index is 0.0903. The summed E-state index contributed by atoms with van der Waals surface area (Å²) in [6.45, 7) is 2.25. The molecule has 0 atom stereocenters. The first-order valence-electron chi connectivity index (χ1n) is 10.5. The largest absolute Gasteiger partial charge is 0.506 e. The number of carbonyl (C=O) groups excluding carboxylic acids is 1. The van der Waals surface area contributed by atoms with Gasteiger partial charge in [-0.25, -0.2) is 4.39 Å². The average Bonchev–Trinajstić information content (AvgIpc) is 2.84. The van der Waals surface area contributed by atoms with Crippen LogP contribution in [0.15, 0.2) is 64.6 Å². The maximum atomic E-state index is 13.1. The summed E-state index contributed by atoms with van der Waals surface area (Å²) >= 11 is 3.42. The third-order valence-electron chi connectivity index (χ3n) is 4.74. The fourth-order valence-corrected chi connectivity index (χ4v) is 3.63. The number of hydrogen-bond donors (Lipinski definition) is 2. The summed E-state index contributed by atoms with van der Waals surface area (Å²) in [6, 6.07) is 14.0. The van der Waals surface area contributed by atoms with E-state index >= 15 is 0 Å². The molecule has 0 heterocycles. The number of nitriles is 1. The van der Waals surface area contributed by atoms with Gasteiger partial charge in [0.15, 0.2) is 11.5 Å². The lowest BCUT2D eigenvalue weighted by atomic mass is 10.1.